The number of rotatable bonds is 6. The summed E-state index contributed by atoms with van der Waals surface area (Å²) in [4.78, 5) is 0. The maximum Gasteiger partial charge on any atom is 0.142 e. The van der Waals surface area contributed by atoms with E-state index in [9.17, 15) is 13.2 Å². The minimum Gasteiger partial charge on any atom is -0.346 e. The van der Waals surface area contributed by atoms with Gasteiger partial charge in [-0.1, -0.05) is 34.8 Å². The second-order valence-electron chi connectivity index (χ2n) is 11.3. The van der Waals surface area contributed by atoms with Crippen molar-refractivity contribution in [3.05, 3.63) is 106 Å². The lowest BCUT2D eigenvalue weighted by molar-refractivity contribution is 0.604. The van der Waals surface area contributed by atoms with Crippen molar-refractivity contribution in [3.63, 3.8) is 0 Å². The molecule has 0 saturated carbocycles. The van der Waals surface area contributed by atoms with Gasteiger partial charge in [0.15, 0.2) is 0 Å². The Morgan fingerprint density at radius 3 is 0.978 bits per heavy atom. The normalized spacial score (nSPS) is 13.3. The zero-order valence-corrected chi connectivity index (χ0v) is 27.4. The third-order valence-electron chi connectivity index (χ3n) is 6.89. The number of nitrogens with two attached hydrogens (primary N) is 3. The minimum absolute atomic E-state index is 0.0597. The molecule has 0 unspecified atom stereocenters. The highest BCUT2D eigenvalue weighted by atomic mass is 35.5. The molecule has 240 valence electrons. The second-order valence-corrected chi connectivity index (χ2v) is 12.5. The Kier molecular flexibility index (Phi) is 11.5. The lowest BCUT2D eigenvalue weighted by Gasteiger charge is -2.08. The van der Waals surface area contributed by atoms with Gasteiger partial charge in [-0.05, 0) is 75.4 Å². The highest BCUT2D eigenvalue weighted by molar-refractivity contribution is 6.32. The molecular formula is C33H36Cl3F3N6. The first-order valence-corrected chi connectivity index (χ1v) is 15.4. The van der Waals surface area contributed by atoms with Crippen LogP contribution in [0.2, 0.25) is 15.1 Å². The Morgan fingerprint density at radius 1 is 0.511 bits per heavy atom. The monoisotopic (exact) mass is 678 g/mol. The molecule has 3 aromatic carbocycles. The van der Waals surface area contributed by atoms with E-state index in [1.807, 2.05) is 71.3 Å². The van der Waals surface area contributed by atoms with E-state index in [1.165, 1.54) is 18.2 Å². The van der Waals surface area contributed by atoms with E-state index in [0.29, 0.717) is 19.6 Å². The van der Waals surface area contributed by atoms with Crippen LogP contribution in [-0.2, 0) is 19.6 Å². The van der Waals surface area contributed by atoms with Crippen LogP contribution in [0.5, 0.6) is 0 Å². The highest BCUT2D eigenvalue weighted by Gasteiger charge is 2.09. The standard InChI is InChI=1S/3C11H12ClFN2/c3*1-7(14)6-15-3-2-8-4-10(13)9(12)5-11(8)15/h3*2-5,7H,6,14H2,1H3/t3*7-/m000/s1. The lowest BCUT2D eigenvalue weighted by atomic mass is 10.2. The van der Waals surface area contributed by atoms with Crippen molar-refractivity contribution in [3.8, 4) is 0 Å². The number of benzene rings is 3. The van der Waals surface area contributed by atoms with Crippen LogP contribution in [0.4, 0.5) is 13.2 Å². The highest BCUT2D eigenvalue weighted by Crippen LogP contribution is 2.26. The van der Waals surface area contributed by atoms with Gasteiger partial charge in [0.05, 0.1) is 15.1 Å². The molecule has 6 N–H and O–H groups in total. The van der Waals surface area contributed by atoms with Gasteiger partial charge in [-0.2, -0.15) is 0 Å². The first-order chi connectivity index (χ1) is 21.2. The summed E-state index contributed by atoms with van der Waals surface area (Å²) in [6, 6.07) is 15.0. The van der Waals surface area contributed by atoms with Gasteiger partial charge in [0.25, 0.3) is 0 Å². The van der Waals surface area contributed by atoms with Crippen molar-refractivity contribution in [2.75, 3.05) is 0 Å². The van der Waals surface area contributed by atoms with Crippen molar-refractivity contribution in [2.24, 2.45) is 17.2 Å². The molecule has 0 radical (unpaired) electrons. The van der Waals surface area contributed by atoms with Gasteiger partial charge in [0.1, 0.15) is 17.5 Å². The van der Waals surface area contributed by atoms with Crippen molar-refractivity contribution < 1.29 is 13.2 Å². The summed E-state index contributed by atoms with van der Waals surface area (Å²) < 4.78 is 45.4. The largest absolute Gasteiger partial charge is 0.346 e. The van der Waals surface area contributed by atoms with Crippen LogP contribution in [-0.4, -0.2) is 31.8 Å². The second kappa shape index (κ2) is 14.9. The zero-order chi connectivity index (χ0) is 33.0. The topological polar surface area (TPSA) is 92.8 Å². The first-order valence-electron chi connectivity index (χ1n) is 14.3. The fraction of sp³-hybridized carbons (Fsp3) is 0.273. The number of hydrogen-bond acceptors (Lipinski definition) is 3. The van der Waals surface area contributed by atoms with Gasteiger partial charge >= 0.3 is 0 Å². The first kappa shape index (κ1) is 34.7. The molecule has 3 atom stereocenters. The average Bonchev–Trinajstić information content (AvgIpc) is 3.63. The summed E-state index contributed by atoms with van der Waals surface area (Å²) in [5, 5.41) is 2.97. The SMILES string of the molecule is C[C@H](N)Cn1ccc2cc(F)c(Cl)cc21.C[C@H](N)Cn1ccc2cc(F)c(Cl)cc21.C[C@H](N)Cn1ccc2cc(F)c(Cl)cc21. The number of aromatic nitrogens is 3. The molecular weight excluding hydrogens is 644 g/mol. The summed E-state index contributed by atoms with van der Waals surface area (Å²) in [5.41, 5.74) is 19.9. The van der Waals surface area contributed by atoms with Gasteiger partial charge in [-0.15, -0.1) is 0 Å². The molecule has 6 aromatic rings. The van der Waals surface area contributed by atoms with Crippen LogP contribution < -0.4 is 17.2 Å². The number of halogens is 6. The third kappa shape index (κ3) is 8.76. The van der Waals surface area contributed by atoms with Crippen molar-refractivity contribution in [1.82, 2.24) is 13.7 Å². The Hall–Kier alpha value is -3.18. The number of fused-ring (bicyclic) bond motifs is 3. The summed E-state index contributed by atoms with van der Waals surface area (Å²) >= 11 is 17.2. The molecule has 12 heteroatoms. The molecule has 0 amide bonds. The van der Waals surface area contributed by atoms with Crippen LogP contribution in [0.15, 0.2) is 73.2 Å². The lowest BCUT2D eigenvalue weighted by Crippen LogP contribution is -2.21. The van der Waals surface area contributed by atoms with E-state index in [0.717, 1.165) is 32.7 Å². The van der Waals surface area contributed by atoms with Crippen molar-refractivity contribution in [2.45, 2.75) is 58.5 Å². The van der Waals surface area contributed by atoms with Gasteiger partial charge < -0.3 is 30.9 Å². The maximum absolute atomic E-state index is 13.2. The van der Waals surface area contributed by atoms with Crippen LogP contribution in [0.25, 0.3) is 32.7 Å². The van der Waals surface area contributed by atoms with Crippen LogP contribution in [0.1, 0.15) is 20.8 Å². The third-order valence-corrected chi connectivity index (χ3v) is 7.76. The molecule has 0 fully saturated rings. The van der Waals surface area contributed by atoms with E-state index < -0.39 is 0 Å². The number of nitrogens with zero attached hydrogens (tertiary/aromatic N) is 3. The fourth-order valence-corrected chi connectivity index (χ4v) is 5.44. The average molecular weight is 680 g/mol. The minimum atomic E-state index is -0.386. The summed E-state index contributed by atoms with van der Waals surface area (Å²) in [6.07, 6.45) is 5.68. The number of hydrogen-bond donors (Lipinski definition) is 3. The van der Waals surface area contributed by atoms with Crippen molar-refractivity contribution in [1.29, 1.82) is 0 Å². The van der Waals surface area contributed by atoms with Crippen LogP contribution in [0.3, 0.4) is 0 Å². The molecule has 0 spiro atoms. The van der Waals surface area contributed by atoms with Gasteiger partial charge in [-0.25, -0.2) is 13.2 Å². The summed E-state index contributed by atoms with van der Waals surface area (Å²) in [6.45, 7) is 7.88. The maximum atomic E-state index is 13.2. The molecule has 0 aliphatic carbocycles. The van der Waals surface area contributed by atoms with E-state index in [-0.39, 0.29) is 50.6 Å². The molecule has 3 aromatic heterocycles. The molecule has 0 bridgehead atoms. The predicted molar refractivity (Wildman–Crippen MR) is 182 cm³/mol. The molecule has 45 heavy (non-hydrogen) atoms. The van der Waals surface area contributed by atoms with Gasteiger partial charge in [-0.3, -0.25) is 0 Å². The predicted octanol–water partition coefficient (Wildman–Crippen LogP) is 8.34. The Balaban J connectivity index is 0.000000154. The Bertz CT molecular complexity index is 1690. The van der Waals surface area contributed by atoms with Crippen LogP contribution >= 0.6 is 34.8 Å². The molecule has 6 nitrogen and oxygen atoms in total. The van der Waals surface area contributed by atoms with E-state index in [4.69, 9.17) is 52.0 Å². The van der Waals surface area contributed by atoms with E-state index in [1.54, 1.807) is 18.2 Å². The Morgan fingerprint density at radius 2 is 0.756 bits per heavy atom. The van der Waals surface area contributed by atoms with Crippen LogP contribution in [0, 0.1) is 17.5 Å². The molecule has 6 rings (SSSR count). The molecule has 0 saturated heterocycles. The molecule has 0 aliphatic heterocycles. The smallest absolute Gasteiger partial charge is 0.142 e. The van der Waals surface area contributed by atoms with E-state index in [2.05, 4.69) is 0 Å². The summed E-state index contributed by atoms with van der Waals surface area (Å²) in [7, 11) is 0. The summed E-state index contributed by atoms with van der Waals surface area (Å²) in [5.74, 6) is -1.16. The quantitative estimate of drug-likeness (QED) is 0.165. The molecule has 0 aliphatic rings. The van der Waals surface area contributed by atoms with Crippen molar-refractivity contribution >= 4 is 67.5 Å². The van der Waals surface area contributed by atoms with Gasteiger partial charge in [0.2, 0.25) is 0 Å². The van der Waals surface area contributed by atoms with Gasteiger partial charge in [0, 0.05) is 89.1 Å². The molecule has 3 heterocycles. The fourth-order valence-electron chi connectivity index (χ4n) is 4.96. The zero-order valence-electron chi connectivity index (χ0n) is 25.1. The van der Waals surface area contributed by atoms with E-state index >= 15 is 0 Å². The Labute approximate surface area is 275 Å².